The number of nitrogens with two attached hydrogens (primary N) is 1. The van der Waals surface area contributed by atoms with E-state index >= 15 is 0 Å². The van der Waals surface area contributed by atoms with Crippen LogP contribution in [0.4, 0.5) is 0 Å². The largest absolute Gasteiger partial charge is 0.387 e. The Hall–Kier alpha value is 0.01000. The van der Waals surface area contributed by atoms with Gasteiger partial charge in [-0.25, -0.2) is 0 Å². The van der Waals surface area contributed by atoms with Crippen molar-refractivity contribution in [3.05, 3.63) is 32.8 Å². The Bertz CT molecular complexity index is 317. The number of aliphatic hydroxyl groups excluding tert-OH is 1. The smallest absolute Gasteiger partial charge is 0.0927 e. The summed E-state index contributed by atoms with van der Waals surface area (Å²) in [5, 5.41) is 10.5. The standard InChI is InChI=1S/C8H8Cl3NO/c9-5-2-7(11)6(10)1-4(5)8(13)3-12/h1-2,8,13H,3,12H2/t8-/m1/s1. The molecular formula is C8H8Cl3NO. The SMILES string of the molecule is NC[C@@H](O)c1cc(Cl)c(Cl)cc1Cl. The first kappa shape index (κ1) is 11.1. The number of aliphatic hydroxyl groups is 1. The van der Waals surface area contributed by atoms with Crippen LogP contribution < -0.4 is 5.73 Å². The van der Waals surface area contributed by atoms with E-state index in [0.29, 0.717) is 20.6 Å². The fraction of sp³-hybridized carbons (Fsp3) is 0.250. The summed E-state index contributed by atoms with van der Waals surface area (Å²) in [7, 11) is 0. The summed E-state index contributed by atoms with van der Waals surface area (Å²) in [4.78, 5) is 0. The normalized spacial score (nSPS) is 13.0. The summed E-state index contributed by atoms with van der Waals surface area (Å²) in [6.07, 6.45) is -0.803. The van der Waals surface area contributed by atoms with E-state index in [4.69, 9.17) is 40.5 Å². The zero-order valence-electron chi connectivity index (χ0n) is 6.60. The van der Waals surface area contributed by atoms with E-state index in [-0.39, 0.29) is 6.54 Å². The summed E-state index contributed by atoms with van der Waals surface area (Å²) in [5.74, 6) is 0. The second-order valence-electron chi connectivity index (χ2n) is 2.54. The van der Waals surface area contributed by atoms with Gasteiger partial charge in [-0.15, -0.1) is 0 Å². The molecule has 0 aliphatic rings. The maximum Gasteiger partial charge on any atom is 0.0927 e. The van der Waals surface area contributed by atoms with Gasteiger partial charge in [-0.05, 0) is 12.1 Å². The highest BCUT2D eigenvalue weighted by atomic mass is 35.5. The van der Waals surface area contributed by atoms with Crippen LogP contribution in [0.1, 0.15) is 11.7 Å². The quantitative estimate of drug-likeness (QED) is 0.781. The van der Waals surface area contributed by atoms with E-state index < -0.39 is 6.10 Å². The predicted octanol–water partition coefficient (Wildman–Crippen LogP) is 2.64. The van der Waals surface area contributed by atoms with Crippen molar-refractivity contribution in [2.75, 3.05) is 6.54 Å². The predicted molar refractivity (Wildman–Crippen MR) is 55.5 cm³/mol. The third kappa shape index (κ3) is 2.48. The molecule has 0 fully saturated rings. The minimum Gasteiger partial charge on any atom is -0.387 e. The Kier molecular flexibility index (Phi) is 3.83. The lowest BCUT2D eigenvalue weighted by Gasteiger charge is -2.11. The van der Waals surface area contributed by atoms with Gasteiger partial charge in [-0.3, -0.25) is 0 Å². The van der Waals surface area contributed by atoms with Gasteiger partial charge in [0, 0.05) is 17.1 Å². The second kappa shape index (κ2) is 4.49. The molecule has 1 rings (SSSR count). The number of hydrogen-bond donors (Lipinski definition) is 2. The third-order valence-corrected chi connectivity index (χ3v) is 2.67. The molecule has 0 radical (unpaired) electrons. The first-order valence-corrected chi connectivity index (χ1v) is 4.72. The molecule has 72 valence electrons. The van der Waals surface area contributed by atoms with E-state index in [2.05, 4.69) is 0 Å². The maximum atomic E-state index is 9.41. The zero-order chi connectivity index (χ0) is 10.0. The molecule has 0 saturated heterocycles. The number of halogens is 3. The van der Waals surface area contributed by atoms with E-state index in [0.717, 1.165) is 0 Å². The average Bonchev–Trinajstić information content (AvgIpc) is 2.10. The van der Waals surface area contributed by atoms with E-state index in [1.165, 1.54) is 12.1 Å². The van der Waals surface area contributed by atoms with Gasteiger partial charge in [0.25, 0.3) is 0 Å². The molecule has 0 aliphatic heterocycles. The van der Waals surface area contributed by atoms with E-state index in [1.807, 2.05) is 0 Å². The summed E-state index contributed by atoms with van der Waals surface area (Å²) in [6, 6.07) is 3.00. The van der Waals surface area contributed by atoms with Gasteiger partial charge >= 0.3 is 0 Å². The first-order chi connectivity index (χ1) is 6.06. The highest BCUT2D eigenvalue weighted by Crippen LogP contribution is 2.31. The van der Waals surface area contributed by atoms with Crippen LogP contribution in [0.25, 0.3) is 0 Å². The lowest BCUT2D eigenvalue weighted by molar-refractivity contribution is 0.187. The fourth-order valence-electron chi connectivity index (χ4n) is 0.920. The third-order valence-electron chi connectivity index (χ3n) is 1.62. The van der Waals surface area contributed by atoms with Gasteiger partial charge < -0.3 is 10.8 Å². The molecular weight excluding hydrogens is 232 g/mol. The topological polar surface area (TPSA) is 46.2 Å². The highest BCUT2D eigenvalue weighted by Gasteiger charge is 2.12. The summed E-state index contributed by atoms with van der Waals surface area (Å²) >= 11 is 17.3. The minimum absolute atomic E-state index is 0.0949. The molecule has 0 unspecified atom stereocenters. The molecule has 0 saturated carbocycles. The lowest BCUT2D eigenvalue weighted by atomic mass is 10.1. The van der Waals surface area contributed by atoms with Crippen molar-refractivity contribution in [2.24, 2.45) is 5.73 Å². The molecule has 0 heterocycles. The van der Waals surface area contributed by atoms with Gasteiger partial charge in [0.1, 0.15) is 0 Å². The molecule has 0 amide bonds. The molecule has 0 aromatic heterocycles. The Morgan fingerprint density at radius 2 is 1.69 bits per heavy atom. The molecule has 5 heteroatoms. The van der Waals surface area contributed by atoms with Crippen molar-refractivity contribution in [3.8, 4) is 0 Å². The highest BCUT2D eigenvalue weighted by molar-refractivity contribution is 6.43. The summed E-state index contributed by atoms with van der Waals surface area (Å²) < 4.78 is 0. The molecule has 0 spiro atoms. The van der Waals surface area contributed by atoms with E-state index in [1.54, 1.807) is 0 Å². The maximum absolute atomic E-state index is 9.41. The van der Waals surface area contributed by atoms with Crippen LogP contribution in [0.3, 0.4) is 0 Å². The van der Waals surface area contributed by atoms with Crippen molar-refractivity contribution in [3.63, 3.8) is 0 Å². The van der Waals surface area contributed by atoms with Crippen LogP contribution in [0.2, 0.25) is 15.1 Å². The van der Waals surface area contributed by atoms with Crippen molar-refractivity contribution in [1.29, 1.82) is 0 Å². The summed E-state index contributed by atoms with van der Waals surface area (Å²) in [6.45, 7) is 0.0949. The Labute approximate surface area is 91.2 Å². The monoisotopic (exact) mass is 239 g/mol. The van der Waals surface area contributed by atoms with Gasteiger partial charge in [0.2, 0.25) is 0 Å². The zero-order valence-corrected chi connectivity index (χ0v) is 8.87. The Balaban J connectivity index is 3.15. The Morgan fingerprint density at radius 1 is 1.15 bits per heavy atom. The summed E-state index contributed by atoms with van der Waals surface area (Å²) in [5.41, 5.74) is 5.78. The average molecular weight is 241 g/mol. The minimum atomic E-state index is -0.803. The van der Waals surface area contributed by atoms with Crippen molar-refractivity contribution in [2.45, 2.75) is 6.10 Å². The van der Waals surface area contributed by atoms with Crippen molar-refractivity contribution in [1.82, 2.24) is 0 Å². The van der Waals surface area contributed by atoms with Crippen LogP contribution in [0, 0.1) is 0 Å². The number of benzene rings is 1. The number of rotatable bonds is 2. The van der Waals surface area contributed by atoms with E-state index in [9.17, 15) is 5.11 Å². The van der Waals surface area contributed by atoms with Crippen LogP contribution in [0.15, 0.2) is 12.1 Å². The molecule has 2 nitrogen and oxygen atoms in total. The van der Waals surface area contributed by atoms with Crippen molar-refractivity contribution < 1.29 is 5.11 Å². The fourth-order valence-corrected chi connectivity index (χ4v) is 1.60. The van der Waals surface area contributed by atoms with Crippen LogP contribution in [-0.4, -0.2) is 11.7 Å². The van der Waals surface area contributed by atoms with Crippen LogP contribution in [-0.2, 0) is 0 Å². The van der Waals surface area contributed by atoms with Gasteiger partial charge in [-0.2, -0.15) is 0 Å². The van der Waals surface area contributed by atoms with Gasteiger partial charge in [-0.1, -0.05) is 34.8 Å². The first-order valence-electron chi connectivity index (χ1n) is 3.59. The molecule has 0 aliphatic carbocycles. The molecule has 3 N–H and O–H groups in total. The lowest BCUT2D eigenvalue weighted by Crippen LogP contribution is -2.11. The van der Waals surface area contributed by atoms with Crippen LogP contribution in [0.5, 0.6) is 0 Å². The second-order valence-corrected chi connectivity index (χ2v) is 3.76. The molecule has 1 aromatic carbocycles. The molecule has 1 atom stereocenters. The molecule has 1 aromatic rings. The number of hydrogen-bond acceptors (Lipinski definition) is 2. The molecule has 13 heavy (non-hydrogen) atoms. The molecule has 0 bridgehead atoms. The van der Waals surface area contributed by atoms with Crippen molar-refractivity contribution >= 4 is 34.8 Å². The van der Waals surface area contributed by atoms with Crippen LogP contribution >= 0.6 is 34.8 Å². The Morgan fingerprint density at radius 3 is 2.23 bits per heavy atom. The van der Waals surface area contributed by atoms with Gasteiger partial charge in [0.15, 0.2) is 0 Å². The van der Waals surface area contributed by atoms with Gasteiger partial charge in [0.05, 0.1) is 16.1 Å².